The van der Waals surface area contributed by atoms with Gasteiger partial charge in [-0.15, -0.1) is 11.8 Å². The zero-order valence-electron chi connectivity index (χ0n) is 7.19. The third kappa shape index (κ3) is 1.58. The highest BCUT2D eigenvalue weighted by molar-refractivity contribution is 7.98. The maximum absolute atomic E-state index is 4.27. The highest BCUT2D eigenvalue weighted by atomic mass is 32.2. The number of H-pyrrole nitrogens is 1. The molecule has 0 unspecified atom stereocenters. The molecule has 0 saturated carbocycles. The Hall–Kier alpha value is -1.29. The molecule has 2 rings (SSSR count). The van der Waals surface area contributed by atoms with Gasteiger partial charge in [0, 0.05) is 11.8 Å². The van der Waals surface area contributed by atoms with Gasteiger partial charge in [-0.1, -0.05) is 0 Å². The van der Waals surface area contributed by atoms with E-state index in [1.807, 2.05) is 18.4 Å². The fourth-order valence-corrected chi connectivity index (χ4v) is 1.73. The first-order valence-corrected chi connectivity index (χ1v) is 5.12. The third-order valence-electron chi connectivity index (χ3n) is 1.75. The molecular formula is C9H9N3S. The standard InChI is InChI=1S/C9H9N3S/c1-13-9-7(3-2-4-11-9)8-5-10-6-12-8/h2-6H,1H3,(H,10,12). The van der Waals surface area contributed by atoms with Crippen molar-refractivity contribution in [1.29, 1.82) is 0 Å². The van der Waals surface area contributed by atoms with Crippen LogP contribution in [0.25, 0.3) is 11.3 Å². The van der Waals surface area contributed by atoms with Crippen molar-refractivity contribution in [1.82, 2.24) is 15.0 Å². The Morgan fingerprint density at radius 3 is 3.08 bits per heavy atom. The Bertz CT molecular complexity index is 384. The Kier molecular flexibility index (Phi) is 2.31. The second-order valence-corrected chi connectivity index (χ2v) is 3.32. The van der Waals surface area contributed by atoms with Crippen LogP contribution in [0.3, 0.4) is 0 Å². The van der Waals surface area contributed by atoms with Gasteiger partial charge in [-0.25, -0.2) is 9.97 Å². The van der Waals surface area contributed by atoms with Crippen LogP contribution in [0, 0.1) is 0 Å². The second kappa shape index (κ2) is 3.62. The summed E-state index contributed by atoms with van der Waals surface area (Å²) in [5.74, 6) is 0. The second-order valence-electron chi connectivity index (χ2n) is 2.53. The van der Waals surface area contributed by atoms with E-state index >= 15 is 0 Å². The van der Waals surface area contributed by atoms with Crippen molar-refractivity contribution in [3.05, 3.63) is 30.9 Å². The molecule has 2 heterocycles. The van der Waals surface area contributed by atoms with E-state index in [1.54, 1.807) is 30.5 Å². The minimum atomic E-state index is 1.01. The van der Waals surface area contributed by atoms with E-state index in [1.165, 1.54) is 0 Å². The topological polar surface area (TPSA) is 41.6 Å². The predicted molar refractivity (Wildman–Crippen MR) is 53.6 cm³/mol. The molecule has 0 fully saturated rings. The molecule has 0 spiro atoms. The van der Waals surface area contributed by atoms with Gasteiger partial charge in [0.05, 0.1) is 18.2 Å². The average Bonchev–Trinajstić information content (AvgIpc) is 2.70. The fraction of sp³-hybridized carbons (Fsp3) is 0.111. The number of imidazole rings is 1. The summed E-state index contributed by atoms with van der Waals surface area (Å²) >= 11 is 1.63. The van der Waals surface area contributed by atoms with E-state index in [0.29, 0.717) is 0 Å². The van der Waals surface area contributed by atoms with Crippen molar-refractivity contribution in [2.24, 2.45) is 0 Å². The Morgan fingerprint density at radius 2 is 2.38 bits per heavy atom. The van der Waals surface area contributed by atoms with Crippen LogP contribution in [-0.4, -0.2) is 21.2 Å². The minimum Gasteiger partial charge on any atom is -0.345 e. The van der Waals surface area contributed by atoms with Crippen LogP contribution in [0.1, 0.15) is 0 Å². The van der Waals surface area contributed by atoms with Crippen LogP contribution in [0.2, 0.25) is 0 Å². The van der Waals surface area contributed by atoms with E-state index < -0.39 is 0 Å². The first-order chi connectivity index (χ1) is 6.42. The third-order valence-corrected chi connectivity index (χ3v) is 2.46. The lowest BCUT2D eigenvalue weighted by atomic mass is 10.2. The van der Waals surface area contributed by atoms with Gasteiger partial charge in [-0.05, 0) is 18.4 Å². The molecule has 0 aliphatic rings. The van der Waals surface area contributed by atoms with Gasteiger partial charge in [0.1, 0.15) is 5.03 Å². The van der Waals surface area contributed by atoms with Crippen LogP contribution < -0.4 is 0 Å². The summed E-state index contributed by atoms with van der Waals surface area (Å²) in [4.78, 5) is 11.3. The lowest BCUT2D eigenvalue weighted by Gasteiger charge is -2.01. The zero-order chi connectivity index (χ0) is 9.10. The Morgan fingerprint density at radius 1 is 1.46 bits per heavy atom. The van der Waals surface area contributed by atoms with Gasteiger partial charge >= 0.3 is 0 Å². The smallest absolute Gasteiger partial charge is 0.105 e. The first kappa shape index (κ1) is 8.31. The quantitative estimate of drug-likeness (QED) is 0.740. The van der Waals surface area contributed by atoms with Gasteiger partial charge in [0.25, 0.3) is 0 Å². The van der Waals surface area contributed by atoms with Crippen LogP contribution in [-0.2, 0) is 0 Å². The molecule has 2 aromatic rings. The summed E-state index contributed by atoms with van der Waals surface area (Å²) in [6.07, 6.45) is 7.29. The van der Waals surface area contributed by atoms with E-state index in [2.05, 4.69) is 15.0 Å². The summed E-state index contributed by atoms with van der Waals surface area (Å²) in [7, 11) is 0. The minimum absolute atomic E-state index is 1.01. The zero-order valence-corrected chi connectivity index (χ0v) is 8.01. The first-order valence-electron chi connectivity index (χ1n) is 3.89. The van der Waals surface area contributed by atoms with Crippen molar-refractivity contribution in [3.63, 3.8) is 0 Å². The maximum Gasteiger partial charge on any atom is 0.105 e. The monoisotopic (exact) mass is 191 g/mol. The molecule has 66 valence electrons. The molecule has 1 N–H and O–H groups in total. The lowest BCUT2D eigenvalue weighted by molar-refractivity contribution is 1.13. The number of hydrogen-bond acceptors (Lipinski definition) is 3. The lowest BCUT2D eigenvalue weighted by Crippen LogP contribution is -1.84. The van der Waals surface area contributed by atoms with Crippen molar-refractivity contribution < 1.29 is 0 Å². The van der Waals surface area contributed by atoms with Gasteiger partial charge in [0.2, 0.25) is 0 Å². The van der Waals surface area contributed by atoms with Gasteiger partial charge in [-0.3, -0.25) is 0 Å². The van der Waals surface area contributed by atoms with Crippen molar-refractivity contribution in [3.8, 4) is 11.3 Å². The van der Waals surface area contributed by atoms with E-state index in [0.717, 1.165) is 16.3 Å². The average molecular weight is 191 g/mol. The number of rotatable bonds is 2. The Balaban J connectivity index is 2.51. The molecule has 4 heteroatoms. The molecule has 3 nitrogen and oxygen atoms in total. The molecule has 0 aliphatic carbocycles. The van der Waals surface area contributed by atoms with Crippen LogP contribution in [0.4, 0.5) is 0 Å². The molecule has 0 saturated heterocycles. The van der Waals surface area contributed by atoms with Crippen LogP contribution in [0.5, 0.6) is 0 Å². The largest absolute Gasteiger partial charge is 0.345 e. The number of hydrogen-bond donors (Lipinski definition) is 1. The molecule has 0 radical (unpaired) electrons. The van der Waals surface area contributed by atoms with Crippen molar-refractivity contribution in [2.45, 2.75) is 5.03 Å². The molecule has 13 heavy (non-hydrogen) atoms. The highest BCUT2D eigenvalue weighted by Gasteiger charge is 2.04. The summed E-state index contributed by atoms with van der Waals surface area (Å²) in [6, 6.07) is 3.96. The number of thioether (sulfide) groups is 1. The Labute approximate surface area is 80.6 Å². The molecule has 0 amide bonds. The number of aromatic nitrogens is 3. The summed E-state index contributed by atoms with van der Waals surface area (Å²) in [5, 5.41) is 1.02. The molecule has 0 bridgehead atoms. The molecule has 0 aromatic carbocycles. The predicted octanol–water partition coefficient (Wildman–Crippen LogP) is 2.19. The summed E-state index contributed by atoms with van der Waals surface area (Å²) in [6.45, 7) is 0. The normalized spacial score (nSPS) is 10.2. The number of aromatic amines is 1. The van der Waals surface area contributed by atoms with E-state index in [9.17, 15) is 0 Å². The highest BCUT2D eigenvalue weighted by Crippen LogP contribution is 2.25. The number of nitrogens with one attached hydrogen (secondary N) is 1. The maximum atomic E-state index is 4.27. The molecule has 2 aromatic heterocycles. The van der Waals surface area contributed by atoms with Crippen LogP contribution >= 0.6 is 11.8 Å². The van der Waals surface area contributed by atoms with Gasteiger partial charge in [0.15, 0.2) is 0 Å². The number of pyridine rings is 1. The van der Waals surface area contributed by atoms with Gasteiger partial charge in [-0.2, -0.15) is 0 Å². The summed E-state index contributed by atoms with van der Waals surface area (Å²) in [5.41, 5.74) is 2.12. The molecule has 0 atom stereocenters. The van der Waals surface area contributed by atoms with Crippen LogP contribution in [0.15, 0.2) is 35.9 Å². The fourth-order valence-electron chi connectivity index (χ4n) is 1.16. The summed E-state index contributed by atoms with van der Waals surface area (Å²) < 4.78 is 0. The SMILES string of the molecule is CSc1ncccc1-c1cnc[nH]1. The molecular weight excluding hydrogens is 182 g/mol. The van der Waals surface area contributed by atoms with Crippen molar-refractivity contribution >= 4 is 11.8 Å². The van der Waals surface area contributed by atoms with E-state index in [-0.39, 0.29) is 0 Å². The van der Waals surface area contributed by atoms with Crippen molar-refractivity contribution in [2.75, 3.05) is 6.26 Å². The van der Waals surface area contributed by atoms with E-state index in [4.69, 9.17) is 0 Å². The molecule has 0 aliphatic heterocycles. The number of nitrogens with zero attached hydrogens (tertiary/aromatic N) is 2. The van der Waals surface area contributed by atoms with Gasteiger partial charge < -0.3 is 4.98 Å².